The number of likely N-dealkylation sites (tertiary alicyclic amines) is 1. The van der Waals surface area contributed by atoms with Crippen molar-refractivity contribution in [3.05, 3.63) is 39.3 Å². The molecular weight excluding hydrogens is 518 g/mol. The first-order valence-corrected chi connectivity index (χ1v) is 13.8. The van der Waals surface area contributed by atoms with Gasteiger partial charge in [-0.1, -0.05) is 65.6 Å². The topological polar surface area (TPSA) is 45.6 Å². The summed E-state index contributed by atoms with van der Waals surface area (Å²) in [5, 5.41) is 1.02. The standard InChI is InChI=1S/C25H28BrN3O2S2/c26-19-7-8-21-20(14-19)18(15-28(21)16-23(30)27-10-3-4-11-27)13-22-24(31)29(25(32)33-22)12-9-17-5-1-2-6-17/h7-8,13-15,17H,1-6,9-12,16H2/b22-13-. The number of carbonyl (C=O) groups is 2. The van der Waals surface area contributed by atoms with Gasteiger partial charge in [-0.15, -0.1) is 0 Å². The average molecular weight is 547 g/mol. The maximum atomic E-state index is 13.2. The van der Waals surface area contributed by atoms with E-state index < -0.39 is 0 Å². The summed E-state index contributed by atoms with van der Waals surface area (Å²) >= 11 is 10.5. The lowest BCUT2D eigenvalue weighted by Gasteiger charge is -2.17. The van der Waals surface area contributed by atoms with E-state index in [0.717, 1.165) is 59.2 Å². The monoisotopic (exact) mass is 545 g/mol. The van der Waals surface area contributed by atoms with Gasteiger partial charge in [0.05, 0.1) is 4.91 Å². The fraction of sp³-hybridized carbons (Fsp3) is 0.480. The van der Waals surface area contributed by atoms with Crippen molar-refractivity contribution in [2.75, 3.05) is 19.6 Å². The maximum Gasteiger partial charge on any atom is 0.266 e. The number of benzene rings is 1. The molecule has 3 aliphatic rings. The van der Waals surface area contributed by atoms with Crippen molar-refractivity contribution in [2.24, 2.45) is 5.92 Å². The van der Waals surface area contributed by atoms with Crippen LogP contribution in [0.3, 0.4) is 0 Å². The number of halogens is 1. The van der Waals surface area contributed by atoms with Gasteiger partial charge < -0.3 is 9.47 Å². The molecule has 2 aromatic rings. The van der Waals surface area contributed by atoms with Crippen LogP contribution in [0.4, 0.5) is 0 Å². The first kappa shape index (κ1) is 23.1. The molecule has 0 spiro atoms. The summed E-state index contributed by atoms with van der Waals surface area (Å²) in [6.07, 6.45) is 12.3. The first-order valence-electron chi connectivity index (χ1n) is 11.8. The van der Waals surface area contributed by atoms with Crippen LogP contribution >= 0.6 is 39.9 Å². The van der Waals surface area contributed by atoms with Gasteiger partial charge in [-0.25, -0.2) is 0 Å². The Kier molecular flexibility index (Phi) is 6.95. The molecule has 0 N–H and O–H groups in total. The molecule has 8 heteroatoms. The molecule has 1 saturated carbocycles. The van der Waals surface area contributed by atoms with Gasteiger partial charge >= 0.3 is 0 Å². The quantitative estimate of drug-likeness (QED) is 0.339. The third-order valence-electron chi connectivity index (χ3n) is 7.03. The second-order valence-electron chi connectivity index (χ2n) is 9.23. The van der Waals surface area contributed by atoms with Crippen molar-refractivity contribution in [1.29, 1.82) is 0 Å². The van der Waals surface area contributed by atoms with Crippen molar-refractivity contribution in [3.63, 3.8) is 0 Å². The minimum absolute atomic E-state index is 0.00652. The second kappa shape index (κ2) is 9.92. The number of thiocarbonyl (C=S) groups is 1. The van der Waals surface area contributed by atoms with Crippen LogP contribution in [0.1, 0.15) is 50.5 Å². The maximum absolute atomic E-state index is 13.2. The molecule has 0 radical (unpaired) electrons. The van der Waals surface area contributed by atoms with Crippen LogP contribution in [-0.4, -0.2) is 50.1 Å². The van der Waals surface area contributed by atoms with Gasteiger partial charge in [0.25, 0.3) is 5.91 Å². The number of fused-ring (bicyclic) bond motifs is 1. The van der Waals surface area contributed by atoms with Crippen LogP contribution in [0, 0.1) is 5.92 Å². The van der Waals surface area contributed by atoms with Gasteiger partial charge in [0.2, 0.25) is 5.91 Å². The Bertz CT molecular complexity index is 1130. The van der Waals surface area contributed by atoms with E-state index in [4.69, 9.17) is 12.2 Å². The number of rotatable bonds is 6. The Morgan fingerprint density at radius 3 is 2.70 bits per heavy atom. The van der Waals surface area contributed by atoms with E-state index in [9.17, 15) is 9.59 Å². The fourth-order valence-electron chi connectivity index (χ4n) is 5.20. The largest absolute Gasteiger partial charge is 0.341 e. The molecule has 1 aromatic heterocycles. The highest BCUT2D eigenvalue weighted by Gasteiger charge is 2.33. The Balaban J connectivity index is 1.39. The minimum atomic E-state index is 0.00652. The molecule has 2 saturated heterocycles. The molecule has 1 aromatic carbocycles. The van der Waals surface area contributed by atoms with E-state index >= 15 is 0 Å². The van der Waals surface area contributed by atoms with Crippen molar-refractivity contribution in [2.45, 2.75) is 51.5 Å². The van der Waals surface area contributed by atoms with Crippen LogP contribution in [0.15, 0.2) is 33.8 Å². The van der Waals surface area contributed by atoms with E-state index in [-0.39, 0.29) is 11.8 Å². The molecule has 0 bridgehead atoms. The molecule has 2 aliphatic heterocycles. The zero-order chi connectivity index (χ0) is 22.9. The van der Waals surface area contributed by atoms with Gasteiger partial charge in [-0.05, 0) is 49.5 Å². The van der Waals surface area contributed by atoms with Crippen LogP contribution in [0.5, 0.6) is 0 Å². The average Bonchev–Trinajstić information content (AvgIpc) is 3.58. The molecule has 174 valence electrons. The highest BCUT2D eigenvalue weighted by molar-refractivity contribution is 9.10. The number of hydrogen-bond acceptors (Lipinski definition) is 4. The minimum Gasteiger partial charge on any atom is -0.341 e. The number of thioether (sulfide) groups is 1. The zero-order valence-corrected chi connectivity index (χ0v) is 21.8. The van der Waals surface area contributed by atoms with Crippen molar-refractivity contribution in [3.8, 4) is 0 Å². The zero-order valence-electron chi connectivity index (χ0n) is 18.6. The highest BCUT2D eigenvalue weighted by Crippen LogP contribution is 2.36. The molecule has 0 unspecified atom stereocenters. The van der Waals surface area contributed by atoms with Crippen molar-refractivity contribution < 1.29 is 9.59 Å². The summed E-state index contributed by atoms with van der Waals surface area (Å²) in [6.45, 7) is 2.72. The van der Waals surface area contributed by atoms with Crippen LogP contribution in [0.2, 0.25) is 0 Å². The van der Waals surface area contributed by atoms with E-state index in [1.165, 1.54) is 37.4 Å². The summed E-state index contributed by atoms with van der Waals surface area (Å²) in [7, 11) is 0. The molecular formula is C25H28BrN3O2S2. The second-order valence-corrected chi connectivity index (χ2v) is 11.8. The Morgan fingerprint density at radius 2 is 1.94 bits per heavy atom. The van der Waals surface area contributed by atoms with Gasteiger partial charge in [0.1, 0.15) is 10.9 Å². The predicted molar refractivity (Wildman–Crippen MR) is 142 cm³/mol. The molecule has 5 nitrogen and oxygen atoms in total. The van der Waals surface area contributed by atoms with Crippen LogP contribution < -0.4 is 0 Å². The van der Waals surface area contributed by atoms with Gasteiger partial charge in [0, 0.05) is 46.8 Å². The van der Waals surface area contributed by atoms with Gasteiger partial charge in [-0.2, -0.15) is 0 Å². The first-order chi connectivity index (χ1) is 16.0. The van der Waals surface area contributed by atoms with Gasteiger partial charge in [0.15, 0.2) is 0 Å². The van der Waals surface area contributed by atoms with Gasteiger partial charge in [-0.3, -0.25) is 14.5 Å². The fourth-order valence-corrected chi connectivity index (χ4v) is 6.86. The van der Waals surface area contributed by atoms with Crippen molar-refractivity contribution >= 4 is 73.0 Å². The Labute approximate surface area is 212 Å². The lowest BCUT2D eigenvalue weighted by molar-refractivity contribution is -0.130. The third kappa shape index (κ3) is 4.93. The molecule has 33 heavy (non-hydrogen) atoms. The third-order valence-corrected chi connectivity index (χ3v) is 8.91. The number of aromatic nitrogens is 1. The smallest absolute Gasteiger partial charge is 0.266 e. The summed E-state index contributed by atoms with van der Waals surface area (Å²) in [6, 6.07) is 6.07. The van der Waals surface area contributed by atoms with E-state index in [2.05, 4.69) is 22.0 Å². The number of amides is 2. The highest BCUT2D eigenvalue weighted by atomic mass is 79.9. The van der Waals surface area contributed by atoms with E-state index in [1.807, 2.05) is 33.9 Å². The summed E-state index contributed by atoms with van der Waals surface area (Å²) in [4.78, 5) is 30.3. The molecule has 1 aliphatic carbocycles. The number of hydrogen-bond donors (Lipinski definition) is 0. The summed E-state index contributed by atoms with van der Waals surface area (Å²) in [5.74, 6) is 0.881. The predicted octanol–water partition coefficient (Wildman–Crippen LogP) is 5.81. The molecule has 3 fully saturated rings. The van der Waals surface area contributed by atoms with E-state index in [0.29, 0.717) is 22.3 Å². The SMILES string of the molecule is O=C(Cn1cc(/C=C2\SC(=S)N(CCC3CCCC3)C2=O)c2cc(Br)ccc21)N1CCCC1. The number of nitrogens with zero attached hydrogens (tertiary/aromatic N) is 3. The molecule has 2 amide bonds. The Hall–Kier alpha value is -1.64. The molecule has 5 rings (SSSR count). The lowest BCUT2D eigenvalue weighted by atomic mass is 10.0. The normalized spacial score (nSPS) is 20.8. The molecule has 0 atom stereocenters. The lowest BCUT2D eigenvalue weighted by Crippen LogP contribution is -2.30. The van der Waals surface area contributed by atoms with E-state index in [1.54, 1.807) is 4.90 Å². The Morgan fingerprint density at radius 1 is 1.18 bits per heavy atom. The molecule has 3 heterocycles. The summed E-state index contributed by atoms with van der Waals surface area (Å²) in [5.41, 5.74) is 1.94. The van der Waals surface area contributed by atoms with Crippen molar-refractivity contribution in [1.82, 2.24) is 14.4 Å². The summed E-state index contributed by atoms with van der Waals surface area (Å²) < 4.78 is 3.63. The number of carbonyl (C=O) groups excluding carboxylic acids is 2. The van der Waals surface area contributed by atoms with Crippen LogP contribution in [-0.2, 0) is 16.1 Å². The van der Waals surface area contributed by atoms with Crippen LogP contribution in [0.25, 0.3) is 17.0 Å².